The zero-order chi connectivity index (χ0) is 11.1. The number of nitrogens with zero attached hydrogens (tertiary/aromatic N) is 1. The maximum atomic E-state index is 5.20. The van der Waals surface area contributed by atoms with E-state index in [-0.39, 0.29) is 0 Å². The topological polar surface area (TPSA) is 12.5 Å². The third-order valence-corrected chi connectivity index (χ3v) is 3.59. The lowest BCUT2D eigenvalue weighted by molar-refractivity contribution is 0.152. The molecule has 2 nitrogen and oxygen atoms in total. The van der Waals surface area contributed by atoms with Crippen molar-refractivity contribution >= 4 is 12.6 Å². The Morgan fingerprint density at radius 1 is 1.47 bits per heavy atom. The van der Waals surface area contributed by atoms with E-state index in [1.54, 1.807) is 7.11 Å². The second kappa shape index (κ2) is 7.53. The lowest BCUT2D eigenvalue weighted by Gasteiger charge is -2.18. The molecule has 0 amide bonds. The molecule has 90 valence electrons. The molecule has 1 fully saturated rings. The van der Waals surface area contributed by atoms with E-state index in [1.807, 2.05) is 0 Å². The first-order valence-corrected chi connectivity index (χ1v) is 6.71. The molecule has 0 N–H and O–H groups in total. The molecule has 1 aliphatic heterocycles. The van der Waals surface area contributed by atoms with Gasteiger partial charge < -0.3 is 9.64 Å². The number of ether oxygens (including phenoxy) is 1. The van der Waals surface area contributed by atoms with Gasteiger partial charge in [-0.05, 0) is 49.9 Å². The average molecular weight is 231 g/mol. The quantitative estimate of drug-likeness (QED) is 0.675. The minimum atomic E-state index is 0.773. The normalized spacial score (nSPS) is 24.6. The van der Waals surface area contributed by atoms with E-state index >= 15 is 0 Å². The third-order valence-electron chi connectivity index (χ3n) is 3.33. The Morgan fingerprint density at radius 2 is 2.27 bits per heavy atom. The van der Waals surface area contributed by atoms with Crippen molar-refractivity contribution < 1.29 is 4.74 Å². The van der Waals surface area contributed by atoms with Gasteiger partial charge in [0.2, 0.25) is 0 Å². The predicted molar refractivity (Wildman–Crippen MR) is 68.7 cm³/mol. The maximum Gasteiger partial charge on any atom is 0.0503 e. The van der Waals surface area contributed by atoms with Crippen LogP contribution in [0.25, 0.3) is 0 Å². The van der Waals surface area contributed by atoms with E-state index in [0.717, 1.165) is 24.2 Å². The second-order valence-corrected chi connectivity index (χ2v) is 5.26. The van der Waals surface area contributed by atoms with E-state index in [9.17, 15) is 0 Å². The Labute approximate surface area is 99.8 Å². The van der Waals surface area contributed by atoms with Crippen LogP contribution in [0.5, 0.6) is 0 Å². The molecular formula is C12H25NOS. The van der Waals surface area contributed by atoms with Crippen molar-refractivity contribution in [2.24, 2.45) is 11.8 Å². The Balaban J connectivity index is 2.08. The molecule has 15 heavy (non-hydrogen) atoms. The van der Waals surface area contributed by atoms with Crippen molar-refractivity contribution in [1.29, 1.82) is 0 Å². The molecule has 2 atom stereocenters. The second-order valence-electron chi connectivity index (χ2n) is 4.82. The summed E-state index contributed by atoms with van der Waals surface area (Å²) < 4.78 is 5.20. The molecule has 2 unspecified atom stereocenters. The van der Waals surface area contributed by atoms with Gasteiger partial charge in [0, 0.05) is 13.7 Å². The van der Waals surface area contributed by atoms with Gasteiger partial charge in [-0.15, -0.1) is 0 Å². The van der Waals surface area contributed by atoms with Gasteiger partial charge in [-0.1, -0.05) is 6.92 Å². The molecule has 0 aromatic carbocycles. The van der Waals surface area contributed by atoms with Crippen LogP contribution in [0, 0.1) is 11.8 Å². The molecular weight excluding hydrogens is 206 g/mol. The average Bonchev–Trinajstić information content (AvgIpc) is 2.64. The highest BCUT2D eigenvalue weighted by Crippen LogP contribution is 2.18. The van der Waals surface area contributed by atoms with Gasteiger partial charge in [-0.2, -0.15) is 12.6 Å². The summed E-state index contributed by atoms with van der Waals surface area (Å²) in [7, 11) is 1.80. The first-order chi connectivity index (χ1) is 7.26. The molecule has 0 saturated carbocycles. The van der Waals surface area contributed by atoms with Crippen molar-refractivity contribution in [3.63, 3.8) is 0 Å². The number of thiol groups is 1. The van der Waals surface area contributed by atoms with Crippen LogP contribution in [0.3, 0.4) is 0 Å². The fourth-order valence-corrected chi connectivity index (χ4v) is 2.70. The minimum absolute atomic E-state index is 0.773. The van der Waals surface area contributed by atoms with E-state index in [4.69, 9.17) is 4.74 Å². The van der Waals surface area contributed by atoms with Crippen LogP contribution in [-0.2, 0) is 4.74 Å². The molecule has 0 spiro atoms. The molecule has 1 saturated heterocycles. The first kappa shape index (κ1) is 13.3. The fraction of sp³-hybridized carbons (Fsp3) is 1.00. The summed E-state index contributed by atoms with van der Waals surface area (Å²) in [6.07, 6.45) is 3.88. The summed E-state index contributed by atoms with van der Waals surface area (Å²) in [6, 6.07) is 0. The van der Waals surface area contributed by atoms with E-state index < -0.39 is 0 Å². The van der Waals surface area contributed by atoms with Crippen molar-refractivity contribution in [1.82, 2.24) is 4.90 Å². The SMILES string of the molecule is COCC1CCN(CCC(C)CCS)C1. The summed E-state index contributed by atoms with van der Waals surface area (Å²) >= 11 is 4.27. The van der Waals surface area contributed by atoms with Crippen LogP contribution in [-0.4, -0.2) is 44.0 Å². The minimum Gasteiger partial charge on any atom is -0.384 e. The van der Waals surface area contributed by atoms with Crippen molar-refractivity contribution in [2.75, 3.05) is 39.1 Å². The standard InChI is InChI=1S/C12H25NOS/c1-11(5-8-15)3-6-13-7-4-12(9-13)10-14-2/h11-12,15H,3-10H2,1-2H3. The van der Waals surface area contributed by atoms with E-state index in [2.05, 4.69) is 24.5 Å². The van der Waals surface area contributed by atoms with Gasteiger partial charge in [-0.25, -0.2) is 0 Å². The molecule has 0 bridgehead atoms. The molecule has 1 heterocycles. The highest BCUT2D eigenvalue weighted by atomic mass is 32.1. The molecule has 1 aliphatic rings. The summed E-state index contributed by atoms with van der Waals surface area (Å²) in [5, 5.41) is 0. The third kappa shape index (κ3) is 5.23. The summed E-state index contributed by atoms with van der Waals surface area (Å²) in [5.41, 5.74) is 0. The number of hydrogen-bond acceptors (Lipinski definition) is 3. The van der Waals surface area contributed by atoms with Crippen LogP contribution in [0.4, 0.5) is 0 Å². The maximum absolute atomic E-state index is 5.20. The van der Waals surface area contributed by atoms with Crippen LogP contribution in [0.15, 0.2) is 0 Å². The Bertz CT molecular complexity index is 166. The van der Waals surface area contributed by atoms with Gasteiger partial charge in [0.1, 0.15) is 0 Å². The number of rotatable bonds is 7. The molecule has 0 aliphatic carbocycles. The lowest BCUT2D eigenvalue weighted by Crippen LogP contribution is -2.24. The zero-order valence-electron chi connectivity index (χ0n) is 10.1. The number of likely N-dealkylation sites (tertiary alicyclic amines) is 1. The monoisotopic (exact) mass is 231 g/mol. The Morgan fingerprint density at radius 3 is 2.93 bits per heavy atom. The predicted octanol–water partition coefficient (Wildman–Crippen LogP) is 2.30. The largest absolute Gasteiger partial charge is 0.384 e. The van der Waals surface area contributed by atoms with E-state index in [1.165, 1.54) is 38.9 Å². The smallest absolute Gasteiger partial charge is 0.0503 e. The van der Waals surface area contributed by atoms with Crippen LogP contribution in [0.1, 0.15) is 26.2 Å². The van der Waals surface area contributed by atoms with Gasteiger partial charge in [0.25, 0.3) is 0 Å². The van der Waals surface area contributed by atoms with Crippen LogP contribution >= 0.6 is 12.6 Å². The van der Waals surface area contributed by atoms with Crippen molar-refractivity contribution in [2.45, 2.75) is 26.2 Å². The molecule has 3 heteroatoms. The van der Waals surface area contributed by atoms with Crippen molar-refractivity contribution in [3.05, 3.63) is 0 Å². The summed E-state index contributed by atoms with van der Waals surface area (Å²) in [4.78, 5) is 2.58. The lowest BCUT2D eigenvalue weighted by atomic mass is 10.1. The fourth-order valence-electron chi connectivity index (χ4n) is 2.26. The molecule has 0 aromatic rings. The summed E-state index contributed by atoms with van der Waals surface area (Å²) in [6.45, 7) is 7.03. The van der Waals surface area contributed by atoms with Gasteiger partial charge >= 0.3 is 0 Å². The molecule has 1 rings (SSSR count). The van der Waals surface area contributed by atoms with E-state index in [0.29, 0.717) is 0 Å². The zero-order valence-corrected chi connectivity index (χ0v) is 11.0. The van der Waals surface area contributed by atoms with Gasteiger partial charge in [-0.3, -0.25) is 0 Å². The highest BCUT2D eigenvalue weighted by Gasteiger charge is 2.21. The highest BCUT2D eigenvalue weighted by molar-refractivity contribution is 7.80. The van der Waals surface area contributed by atoms with Gasteiger partial charge in [0.15, 0.2) is 0 Å². The number of hydrogen-bond donors (Lipinski definition) is 1. The van der Waals surface area contributed by atoms with Gasteiger partial charge in [0.05, 0.1) is 6.61 Å². The molecule has 0 radical (unpaired) electrons. The Kier molecular flexibility index (Phi) is 6.69. The summed E-state index contributed by atoms with van der Waals surface area (Å²) in [5.74, 6) is 2.62. The van der Waals surface area contributed by atoms with Crippen LogP contribution in [0.2, 0.25) is 0 Å². The molecule has 0 aromatic heterocycles. The van der Waals surface area contributed by atoms with Crippen molar-refractivity contribution in [3.8, 4) is 0 Å². The first-order valence-electron chi connectivity index (χ1n) is 6.08. The number of methoxy groups -OCH3 is 1. The Hall–Kier alpha value is 0.270. The van der Waals surface area contributed by atoms with Crippen LogP contribution < -0.4 is 0 Å².